The van der Waals surface area contributed by atoms with Gasteiger partial charge in [0.1, 0.15) is 11.4 Å². The van der Waals surface area contributed by atoms with Crippen LogP contribution in [0.3, 0.4) is 0 Å². The molecular formula is C17H16F3N5O2. The highest BCUT2D eigenvalue weighted by molar-refractivity contribution is 5.93. The van der Waals surface area contributed by atoms with Gasteiger partial charge in [-0.25, -0.2) is 0 Å². The molecule has 1 fully saturated rings. The number of fused-ring (bicyclic) bond motifs is 1. The van der Waals surface area contributed by atoms with E-state index in [9.17, 15) is 18.0 Å². The summed E-state index contributed by atoms with van der Waals surface area (Å²) in [5, 5.41) is 11.3. The number of amides is 1. The number of nitrogens with zero attached hydrogens (tertiary/aromatic N) is 5. The van der Waals surface area contributed by atoms with E-state index in [-0.39, 0.29) is 22.7 Å². The van der Waals surface area contributed by atoms with Gasteiger partial charge in [0.05, 0.1) is 0 Å². The van der Waals surface area contributed by atoms with Crippen LogP contribution in [-0.2, 0) is 12.6 Å². The number of halogens is 3. The highest BCUT2D eigenvalue weighted by atomic mass is 19.4. The number of aromatic nitrogens is 4. The number of hydrogen-bond donors (Lipinski definition) is 0. The maximum Gasteiger partial charge on any atom is 0.420 e. The van der Waals surface area contributed by atoms with Crippen LogP contribution >= 0.6 is 0 Å². The second-order valence-corrected chi connectivity index (χ2v) is 6.84. The van der Waals surface area contributed by atoms with Gasteiger partial charge in [-0.05, 0) is 24.8 Å². The lowest BCUT2D eigenvalue weighted by Crippen LogP contribution is -2.21. The number of carbonyl (C=O) groups is 1. The van der Waals surface area contributed by atoms with Crippen LogP contribution in [0.15, 0.2) is 22.9 Å². The summed E-state index contributed by atoms with van der Waals surface area (Å²) in [6.07, 6.45) is -0.477. The van der Waals surface area contributed by atoms with Gasteiger partial charge in [0.2, 0.25) is 0 Å². The molecule has 0 saturated heterocycles. The lowest BCUT2D eigenvalue weighted by molar-refractivity contribution is -0.136. The SMILES string of the molecule is CN(C)C(=O)c1cc(-c2ccn3c(CC4CC4)nnc3c2C(F)(F)F)on1. The number of carbonyl (C=O) groups excluding carboxylic acids is 1. The van der Waals surface area contributed by atoms with Crippen molar-refractivity contribution in [3.8, 4) is 11.3 Å². The molecule has 27 heavy (non-hydrogen) atoms. The fourth-order valence-electron chi connectivity index (χ4n) is 2.94. The first-order valence-corrected chi connectivity index (χ1v) is 8.38. The fourth-order valence-corrected chi connectivity index (χ4v) is 2.94. The van der Waals surface area contributed by atoms with Gasteiger partial charge in [-0.2, -0.15) is 13.2 Å². The second-order valence-electron chi connectivity index (χ2n) is 6.84. The van der Waals surface area contributed by atoms with Crippen LogP contribution in [0.1, 0.15) is 34.7 Å². The highest BCUT2D eigenvalue weighted by Crippen LogP contribution is 2.40. The third-order valence-electron chi connectivity index (χ3n) is 4.50. The average Bonchev–Trinajstić information content (AvgIpc) is 3.13. The van der Waals surface area contributed by atoms with Gasteiger partial charge >= 0.3 is 6.18 Å². The molecule has 3 aromatic rings. The van der Waals surface area contributed by atoms with Crippen molar-refractivity contribution in [2.75, 3.05) is 14.1 Å². The molecule has 0 N–H and O–H groups in total. The first-order chi connectivity index (χ1) is 12.8. The molecule has 1 aliphatic carbocycles. The van der Waals surface area contributed by atoms with Gasteiger partial charge in [0, 0.05) is 38.3 Å². The van der Waals surface area contributed by atoms with Crippen molar-refractivity contribution in [3.63, 3.8) is 0 Å². The van der Waals surface area contributed by atoms with Gasteiger partial charge in [-0.1, -0.05) is 5.16 Å². The zero-order chi connectivity index (χ0) is 19.3. The van der Waals surface area contributed by atoms with E-state index < -0.39 is 17.6 Å². The Morgan fingerprint density at radius 1 is 1.33 bits per heavy atom. The van der Waals surface area contributed by atoms with E-state index in [1.807, 2.05) is 0 Å². The monoisotopic (exact) mass is 379 g/mol. The minimum atomic E-state index is -4.68. The van der Waals surface area contributed by atoms with Crippen LogP contribution in [0.5, 0.6) is 0 Å². The molecule has 142 valence electrons. The lowest BCUT2D eigenvalue weighted by Gasteiger charge is -2.12. The molecule has 0 atom stereocenters. The molecule has 0 unspecified atom stereocenters. The fraction of sp³-hybridized carbons (Fsp3) is 0.412. The number of pyridine rings is 1. The zero-order valence-electron chi connectivity index (χ0n) is 14.6. The van der Waals surface area contributed by atoms with Crippen molar-refractivity contribution in [3.05, 3.63) is 35.4 Å². The number of alkyl halides is 3. The summed E-state index contributed by atoms with van der Waals surface area (Å²) in [6.45, 7) is 0. The van der Waals surface area contributed by atoms with Gasteiger partial charge in [-0.3, -0.25) is 9.20 Å². The van der Waals surface area contributed by atoms with E-state index in [0.29, 0.717) is 18.2 Å². The standard InChI is InChI=1S/C17H16F3N5O2/c1-24(2)16(26)11-8-12(27-23-11)10-5-6-25-13(7-9-3-4-9)21-22-15(25)14(10)17(18,19)20/h5-6,8-9H,3-4,7H2,1-2H3. The Morgan fingerprint density at radius 2 is 2.07 bits per heavy atom. The molecule has 3 aromatic heterocycles. The van der Waals surface area contributed by atoms with E-state index in [1.165, 1.54) is 41.7 Å². The summed E-state index contributed by atoms with van der Waals surface area (Å²) in [6, 6.07) is 2.49. The predicted octanol–water partition coefficient (Wildman–Crippen LogP) is 3.06. The smallest absolute Gasteiger partial charge is 0.355 e. The Hall–Kier alpha value is -2.91. The average molecular weight is 379 g/mol. The molecule has 3 heterocycles. The molecule has 1 saturated carbocycles. The molecule has 0 radical (unpaired) electrons. The Labute approximate surface area is 151 Å². The van der Waals surface area contributed by atoms with Gasteiger partial charge in [-0.15, -0.1) is 10.2 Å². The quantitative estimate of drug-likeness (QED) is 0.696. The molecule has 10 heteroatoms. The van der Waals surface area contributed by atoms with Crippen molar-refractivity contribution < 1.29 is 22.5 Å². The molecular weight excluding hydrogens is 363 g/mol. The summed E-state index contributed by atoms with van der Waals surface area (Å²) in [7, 11) is 3.03. The summed E-state index contributed by atoms with van der Waals surface area (Å²) < 4.78 is 47.9. The predicted molar refractivity (Wildman–Crippen MR) is 87.9 cm³/mol. The number of rotatable bonds is 4. The minimum Gasteiger partial charge on any atom is -0.355 e. The summed E-state index contributed by atoms with van der Waals surface area (Å²) in [4.78, 5) is 13.2. The molecule has 1 amide bonds. The molecule has 7 nitrogen and oxygen atoms in total. The number of hydrogen-bond acceptors (Lipinski definition) is 5. The zero-order valence-corrected chi connectivity index (χ0v) is 14.6. The van der Waals surface area contributed by atoms with Gasteiger partial charge in [0.25, 0.3) is 5.91 Å². The molecule has 0 aromatic carbocycles. The maximum atomic E-state index is 13.8. The maximum absolute atomic E-state index is 13.8. The molecule has 0 aliphatic heterocycles. The third kappa shape index (κ3) is 3.15. The molecule has 0 spiro atoms. The first-order valence-electron chi connectivity index (χ1n) is 8.38. The van der Waals surface area contributed by atoms with Crippen molar-refractivity contribution in [2.45, 2.75) is 25.4 Å². The third-order valence-corrected chi connectivity index (χ3v) is 4.50. The Kier molecular flexibility index (Phi) is 3.93. The van der Waals surface area contributed by atoms with E-state index in [4.69, 9.17) is 4.52 Å². The molecule has 4 rings (SSSR count). The first kappa shape index (κ1) is 17.5. The lowest BCUT2D eigenvalue weighted by atomic mass is 10.1. The van der Waals surface area contributed by atoms with Crippen LogP contribution < -0.4 is 0 Å². The largest absolute Gasteiger partial charge is 0.420 e. The van der Waals surface area contributed by atoms with Gasteiger partial charge < -0.3 is 9.42 Å². The summed E-state index contributed by atoms with van der Waals surface area (Å²) >= 11 is 0. The van der Waals surface area contributed by atoms with Crippen LogP contribution in [0, 0.1) is 5.92 Å². The second kappa shape index (κ2) is 6.07. The van der Waals surface area contributed by atoms with E-state index in [1.54, 1.807) is 0 Å². The van der Waals surface area contributed by atoms with Crippen molar-refractivity contribution in [1.29, 1.82) is 0 Å². The van der Waals surface area contributed by atoms with E-state index in [2.05, 4.69) is 15.4 Å². The normalized spacial score (nSPS) is 14.7. The van der Waals surface area contributed by atoms with Crippen LogP contribution in [0.2, 0.25) is 0 Å². The van der Waals surface area contributed by atoms with Gasteiger partial charge in [0.15, 0.2) is 17.1 Å². The molecule has 0 bridgehead atoms. The van der Waals surface area contributed by atoms with Crippen molar-refractivity contribution >= 4 is 11.6 Å². The summed E-state index contributed by atoms with van der Waals surface area (Å²) in [5.74, 6) is 0.349. The van der Waals surface area contributed by atoms with Crippen molar-refractivity contribution in [2.24, 2.45) is 5.92 Å². The van der Waals surface area contributed by atoms with E-state index in [0.717, 1.165) is 12.8 Å². The Morgan fingerprint density at radius 3 is 2.70 bits per heavy atom. The summed E-state index contributed by atoms with van der Waals surface area (Å²) in [5.41, 5.74) is -1.54. The topological polar surface area (TPSA) is 76.5 Å². The van der Waals surface area contributed by atoms with Crippen LogP contribution in [0.25, 0.3) is 17.0 Å². The minimum absolute atomic E-state index is 0.0705. The van der Waals surface area contributed by atoms with Crippen LogP contribution in [-0.4, -0.2) is 44.7 Å². The Balaban J connectivity index is 1.84. The Bertz CT molecular complexity index is 1020. The molecule has 1 aliphatic rings. The van der Waals surface area contributed by atoms with Crippen LogP contribution in [0.4, 0.5) is 13.2 Å². The highest BCUT2D eigenvalue weighted by Gasteiger charge is 2.39. The van der Waals surface area contributed by atoms with E-state index >= 15 is 0 Å². The van der Waals surface area contributed by atoms with Crippen molar-refractivity contribution in [1.82, 2.24) is 24.7 Å².